The van der Waals surface area contributed by atoms with Crippen molar-refractivity contribution in [1.82, 2.24) is 0 Å². The number of halogens is 1. The van der Waals surface area contributed by atoms with Crippen LogP contribution in [0.25, 0.3) is 10.8 Å². The van der Waals surface area contributed by atoms with Crippen molar-refractivity contribution in [3.05, 3.63) is 47.3 Å². The largest absolute Gasteiger partial charge is 0.481 e. The second kappa shape index (κ2) is 4.55. The highest BCUT2D eigenvalue weighted by Crippen LogP contribution is 2.66. The van der Waals surface area contributed by atoms with Crippen LogP contribution >= 0.6 is 0 Å². The molecule has 2 aromatic rings. The maximum Gasteiger partial charge on any atom is 0.310 e. The molecule has 0 amide bonds. The molecule has 22 heavy (non-hydrogen) atoms. The van der Waals surface area contributed by atoms with E-state index >= 15 is 0 Å². The second-order valence-electron chi connectivity index (χ2n) is 6.88. The fourth-order valence-electron chi connectivity index (χ4n) is 4.72. The first-order valence-electron chi connectivity index (χ1n) is 7.99. The van der Waals surface area contributed by atoms with Crippen LogP contribution in [0.1, 0.15) is 43.2 Å². The van der Waals surface area contributed by atoms with E-state index in [2.05, 4.69) is 6.07 Å². The average molecular weight is 298 g/mol. The van der Waals surface area contributed by atoms with E-state index < -0.39 is 11.4 Å². The number of carboxylic acids is 1. The lowest BCUT2D eigenvalue weighted by Gasteiger charge is -2.37. The van der Waals surface area contributed by atoms with Gasteiger partial charge in [0, 0.05) is 5.92 Å². The number of hydrogen-bond acceptors (Lipinski definition) is 1. The van der Waals surface area contributed by atoms with Gasteiger partial charge in [-0.1, -0.05) is 31.2 Å². The van der Waals surface area contributed by atoms with Crippen LogP contribution in [0, 0.1) is 17.2 Å². The molecule has 0 spiro atoms. The quantitative estimate of drug-likeness (QED) is 0.905. The Morgan fingerprint density at radius 2 is 2.09 bits per heavy atom. The summed E-state index contributed by atoms with van der Waals surface area (Å²) in [5, 5.41) is 11.6. The van der Waals surface area contributed by atoms with Crippen molar-refractivity contribution >= 4 is 16.7 Å². The average Bonchev–Trinajstić information content (AvgIpc) is 3.03. The van der Waals surface area contributed by atoms with Gasteiger partial charge in [0.25, 0.3) is 0 Å². The van der Waals surface area contributed by atoms with E-state index in [0.29, 0.717) is 12.3 Å². The Bertz CT molecular complexity index is 774. The van der Waals surface area contributed by atoms with Crippen LogP contribution < -0.4 is 0 Å². The topological polar surface area (TPSA) is 37.3 Å². The maximum atomic E-state index is 13.9. The summed E-state index contributed by atoms with van der Waals surface area (Å²) < 4.78 is 13.9. The van der Waals surface area contributed by atoms with Crippen molar-refractivity contribution < 1.29 is 14.3 Å². The van der Waals surface area contributed by atoms with Gasteiger partial charge in [-0.05, 0) is 59.6 Å². The van der Waals surface area contributed by atoms with Crippen LogP contribution in [0.5, 0.6) is 0 Å². The number of benzene rings is 2. The van der Waals surface area contributed by atoms with Crippen LogP contribution in [-0.2, 0) is 11.2 Å². The Hall–Kier alpha value is -1.90. The minimum absolute atomic E-state index is 0.106. The molecular formula is C19H19FO2. The van der Waals surface area contributed by atoms with E-state index in [-0.39, 0.29) is 11.7 Å². The van der Waals surface area contributed by atoms with E-state index in [1.807, 2.05) is 19.1 Å². The molecule has 1 N–H and O–H groups in total. The zero-order valence-electron chi connectivity index (χ0n) is 12.6. The molecule has 114 valence electrons. The standard InChI is InChI=1S/C19H19FO2/c1-2-14-15-5-3-13(8-12(15)4-6-17(14)20)16-7-11-9-19(16,10-11)18(21)22/h3-6,8,11,16H,2,7,9-10H2,1H3,(H,21,22). The molecule has 3 fully saturated rings. The van der Waals surface area contributed by atoms with Crippen molar-refractivity contribution in [2.24, 2.45) is 11.3 Å². The Labute approximate surface area is 129 Å². The van der Waals surface area contributed by atoms with E-state index in [1.54, 1.807) is 6.07 Å². The van der Waals surface area contributed by atoms with Gasteiger partial charge in [0.1, 0.15) is 5.82 Å². The van der Waals surface area contributed by atoms with E-state index in [4.69, 9.17) is 0 Å². The smallest absolute Gasteiger partial charge is 0.310 e. The van der Waals surface area contributed by atoms with Crippen molar-refractivity contribution in [2.45, 2.75) is 38.5 Å². The summed E-state index contributed by atoms with van der Waals surface area (Å²) in [6.45, 7) is 1.96. The summed E-state index contributed by atoms with van der Waals surface area (Å²) in [5.41, 5.74) is 1.29. The molecule has 3 aliphatic rings. The molecule has 0 radical (unpaired) electrons. The molecule has 0 saturated heterocycles. The third kappa shape index (κ3) is 1.68. The van der Waals surface area contributed by atoms with E-state index in [0.717, 1.165) is 41.2 Å². The van der Waals surface area contributed by atoms with Crippen molar-refractivity contribution in [3.8, 4) is 0 Å². The number of carboxylic acid groups (broad SMARTS) is 1. The Balaban J connectivity index is 1.81. The van der Waals surface area contributed by atoms with Crippen LogP contribution in [0.15, 0.2) is 30.3 Å². The Morgan fingerprint density at radius 1 is 1.32 bits per heavy atom. The first-order valence-corrected chi connectivity index (χ1v) is 7.99. The minimum Gasteiger partial charge on any atom is -0.481 e. The molecule has 3 aliphatic carbocycles. The number of aliphatic carboxylic acids is 1. The molecule has 3 heteroatoms. The Kier molecular flexibility index (Phi) is 2.84. The van der Waals surface area contributed by atoms with Crippen molar-refractivity contribution in [2.75, 3.05) is 0 Å². The predicted molar refractivity (Wildman–Crippen MR) is 83.4 cm³/mol. The molecule has 0 heterocycles. The van der Waals surface area contributed by atoms with Crippen LogP contribution in [-0.4, -0.2) is 11.1 Å². The van der Waals surface area contributed by atoms with Crippen molar-refractivity contribution in [1.29, 1.82) is 0 Å². The van der Waals surface area contributed by atoms with E-state index in [1.165, 1.54) is 6.07 Å². The number of aryl methyl sites for hydroxylation is 1. The van der Waals surface area contributed by atoms with Gasteiger partial charge in [-0.2, -0.15) is 0 Å². The minimum atomic E-state index is -0.653. The highest BCUT2D eigenvalue weighted by Gasteiger charge is 2.62. The second-order valence-corrected chi connectivity index (χ2v) is 6.88. The summed E-state index contributed by atoms with van der Waals surface area (Å²) in [6, 6.07) is 9.38. The Morgan fingerprint density at radius 3 is 2.77 bits per heavy atom. The molecular weight excluding hydrogens is 279 g/mol. The third-order valence-corrected chi connectivity index (χ3v) is 5.82. The maximum absolute atomic E-state index is 13.9. The highest BCUT2D eigenvalue weighted by atomic mass is 19.1. The number of fused-ring (bicyclic) bond motifs is 2. The fourth-order valence-corrected chi connectivity index (χ4v) is 4.72. The van der Waals surface area contributed by atoms with Gasteiger partial charge in [0.15, 0.2) is 0 Å². The van der Waals surface area contributed by atoms with E-state index in [9.17, 15) is 14.3 Å². The van der Waals surface area contributed by atoms with Gasteiger partial charge in [0.2, 0.25) is 0 Å². The molecule has 2 aromatic carbocycles. The molecule has 1 unspecified atom stereocenters. The van der Waals surface area contributed by atoms with Gasteiger partial charge in [-0.3, -0.25) is 4.79 Å². The molecule has 2 bridgehead atoms. The lowest BCUT2D eigenvalue weighted by molar-refractivity contribution is -0.154. The van der Waals surface area contributed by atoms with Crippen molar-refractivity contribution in [3.63, 3.8) is 0 Å². The lowest BCUT2D eigenvalue weighted by Crippen LogP contribution is -2.39. The third-order valence-electron chi connectivity index (χ3n) is 5.82. The van der Waals surface area contributed by atoms with Gasteiger partial charge in [-0.15, -0.1) is 0 Å². The van der Waals surface area contributed by atoms with Gasteiger partial charge >= 0.3 is 5.97 Å². The molecule has 5 rings (SSSR count). The number of rotatable bonds is 3. The van der Waals surface area contributed by atoms with Crippen LogP contribution in [0.4, 0.5) is 4.39 Å². The van der Waals surface area contributed by atoms with Gasteiger partial charge in [-0.25, -0.2) is 4.39 Å². The SMILES string of the molecule is CCc1c(F)ccc2cc(C3CC4CC3(C(=O)O)C4)ccc12. The summed E-state index contributed by atoms with van der Waals surface area (Å²) >= 11 is 0. The van der Waals surface area contributed by atoms with Crippen LogP contribution in [0.3, 0.4) is 0 Å². The fraction of sp³-hybridized carbons (Fsp3) is 0.421. The molecule has 2 nitrogen and oxygen atoms in total. The van der Waals surface area contributed by atoms with Gasteiger partial charge in [0.05, 0.1) is 5.41 Å². The van der Waals surface area contributed by atoms with Gasteiger partial charge < -0.3 is 5.11 Å². The predicted octanol–water partition coefficient (Wildman–Crippen LogP) is 4.51. The summed E-state index contributed by atoms with van der Waals surface area (Å²) in [6.07, 6.45) is 3.26. The molecule has 1 atom stereocenters. The summed E-state index contributed by atoms with van der Waals surface area (Å²) in [5.74, 6) is -0.140. The zero-order valence-corrected chi connectivity index (χ0v) is 12.6. The monoisotopic (exact) mass is 298 g/mol. The lowest BCUT2D eigenvalue weighted by atomic mass is 9.65. The number of carbonyl (C=O) groups is 1. The molecule has 3 saturated carbocycles. The normalized spacial score (nSPS) is 29.5. The molecule has 0 aromatic heterocycles. The molecule has 0 aliphatic heterocycles. The van der Waals surface area contributed by atoms with Crippen LogP contribution in [0.2, 0.25) is 0 Å². The number of hydrogen-bond donors (Lipinski definition) is 1. The summed E-state index contributed by atoms with van der Waals surface area (Å²) in [4.78, 5) is 11.7. The highest BCUT2D eigenvalue weighted by molar-refractivity contribution is 5.87. The first kappa shape index (κ1) is 13.7. The first-order chi connectivity index (χ1) is 10.5. The zero-order chi connectivity index (χ0) is 15.5. The summed E-state index contributed by atoms with van der Waals surface area (Å²) in [7, 11) is 0.